The number of carbonyl (C=O) groups is 1. The Bertz CT molecular complexity index is 809. The number of likely N-dealkylation sites (N-methyl/N-ethyl adjacent to an activating group) is 1. The Balaban J connectivity index is 1.37. The molecule has 30 heavy (non-hydrogen) atoms. The second-order valence-corrected chi connectivity index (χ2v) is 8.16. The number of halogens is 1. The third-order valence-corrected chi connectivity index (χ3v) is 5.68. The minimum absolute atomic E-state index is 0.0272. The largest absolute Gasteiger partial charge is 0.492 e. The maximum atomic E-state index is 12.2. The zero-order valence-electron chi connectivity index (χ0n) is 17.6. The number of hydrogen-bond donors (Lipinski definition) is 1. The molecule has 0 radical (unpaired) electrons. The number of rotatable bonds is 10. The second-order valence-electron chi connectivity index (χ2n) is 7.73. The van der Waals surface area contributed by atoms with E-state index in [4.69, 9.17) is 21.1 Å². The molecule has 0 aliphatic carbocycles. The molecule has 1 aliphatic rings. The van der Waals surface area contributed by atoms with Crippen LogP contribution in [0.5, 0.6) is 5.75 Å². The Morgan fingerprint density at radius 1 is 1.17 bits per heavy atom. The molecule has 2 aromatic rings. The molecule has 2 aromatic carbocycles. The molecule has 0 unspecified atom stereocenters. The Hall–Kier alpha value is -2.08. The zero-order chi connectivity index (χ0) is 21.2. The molecule has 0 aromatic heterocycles. The molecule has 1 N–H and O–H groups in total. The van der Waals surface area contributed by atoms with Gasteiger partial charge in [0, 0.05) is 43.8 Å². The van der Waals surface area contributed by atoms with E-state index in [1.54, 1.807) is 0 Å². The van der Waals surface area contributed by atoms with E-state index in [0.717, 1.165) is 49.5 Å². The smallest absolute Gasteiger partial charge is 0.220 e. The van der Waals surface area contributed by atoms with Gasteiger partial charge in [-0.1, -0.05) is 35.9 Å². The van der Waals surface area contributed by atoms with Crippen molar-refractivity contribution in [3.05, 3.63) is 64.7 Å². The molecule has 0 spiro atoms. The van der Waals surface area contributed by atoms with Crippen LogP contribution >= 0.6 is 11.6 Å². The van der Waals surface area contributed by atoms with E-state index >= 15 is 0 Å². The van der Waals surface area contributed by atoms with Gasteiger partial charge >= 0.3 is 0 Å². The van der Waals surface area contributed by atoms with Gasteiger partial charge < -0.3 is 14.8 Å². The van der Waals surface area contributed by atoms with Crippen LogP contribution in [0.2, 0.25) is 5.02 Å². The molecule has 1 aliphatic heterocycles. The first-order valence-corrected chi connectivity index (χ1v) is 11.0. The second kappa shape index (κ2) is 11.9. The fourth-order valence-electron chi connectivity index (χ4n) is 3.60. The minimum Gasteiger partial charge on any atom is -0.492 e. The molecule has 1 amide bonds. The van der Waals surface area contributed by atoms with Crippen molar-refractivity contribution in [3.8, 4) is 5.75 Å². The first-order valence-electron chi connectivity index (χ1n) is 10.6. The highest BCUT2D eigenvalue weighted by Crippen LogP contribution is 2.16. The summed E-state index contributed by atoms with van der Waals surface area (Å²) in [7, 11) is 2.15. The third-order valence-electron chi connectivity index (χ3n) is 5.44. The average Bonchev–Trinajstić information content (AvgIpc) is 2.77. The summed E-state index contributed by atoms with van der Waals surface area (Å²) in [6.45, 7) is 3.72. The number of benzene rings is 2. The van der Waals surface area contributed by atoms with Crippen LogP contribution in [0.25, 0.3) is 0 Å². The van der Waals surface area contributed by atoms with Gasteiger partial charge in [0.05, 0.1) is 0 Å². The lowest BCUT2D eigenvalue weighted by Crippen LogP contribution is -2.38. The van der Waals surface area contributed by atoms with Crippen molar-refractivity contribution < 1.29 is 14.3 Å². The zero-order valence-corrected chi connectivity index (χ0v) is 18.4. The van der Waals surface area contributed by atoms with Crippen LogP contribution in [0, 0.1) is 0 Å². The number of amides is 1. The van der Waals surface area contributed by atoms with Gasteiger partial charge in [-0.25, -0.2) is 0 Å². The van der Waals surface area contributed by atoms with Crippen LogP contribution in [-0.2, 0) is 22.5 Å². The number of ether oxygens (including phenoxy) is 2. The van der Waals surface area contributed by atoms with Crippen molar-refractivity contribution in [2.24, 2.45) is 0 Å². The van der Waals surface area contributed by atoms with Crippen molar-refractivity contribution >= 4 is 17.5 Å². The van der Waals surface area contributed by atoms with Gasteiger partial charge in [0.1, 0.15) is 12.4 Å². The summed E-state index contributed by atoms with van der Waals surface area (Å²) >= 11 is 5.99. The first kappa shape index (κ1) is 22.6. The van der Waals surface area contributed by atoms with Crippen molar-refractivity contribution in [1.29, 1.82) is 0 Å². The number of aryl methyl sites for hydroxylation is 1. The van der Waals surface area contributed by atoms with Crippen LogP contribution in [0.4, 0.5) is 0 Å². The third kappa shape index (κ3) is 7.63. The molecular weight excluding hydrogens is 400 g/mol. The predicted octanol–water partition coefficient (Wildman–Crippen LogP) is 4.08. The lowest BCUT2D eigenvalue weighted by atomic mass is 10.1. The van der Waals surface area contributed by atoms with Gasteiger partial charge in [-0.15, -0.1) is 0 Å². The molecule has 1 heterocycles. The molecule has 0 atom stereocenters. The molecule has 3 rings (SSSR count). The molecule has 1 fully saturated rings. The van der Waals surface area contributed by atoms with Crippen molar-refractivity contribution in [3.63, 3.8) is 0 Å². The van der Waals surface area contributed by atoms with E-state index in [1.807, 2.05) is 48.5 Å². The number of nitrogens with one attached hydrogen (secondary N) is 1. The molecule has 162 valence electrons. The molecule has 0 bridgehead atoms. The van der Waals surface area contributed by atoms with E-state index in [9.17, 15) is 4.79 Å². The van der Waals surface area contributed by atoms with Gasteiger partial charge in [0.15, 0.2) is 0 Å². The summed E-state index contributed by atoms with van der Waals surface area (Å²) in [6.07, 6.45) is 3.29. The molecule has 5 nitrogen and oxygen atoms in total. The Morgan fingerprint density at radius 2 is 1.93 bits per heavy atom. The summed E-state index contributed by atoms with van der Waals surface area (Å²) in [5.41, 5.74) is 2.10. The van der Waals surface area contributed by atoms with Crippen molar-refractivity contribution in [2.45, 2.75) is 38.3 Å². The lowest BCUT2D eigenvalue weighted by molar-refractivity contribution is -0.121. The van der Waals surface area contributed by atoms with Gasteiger partial charge in [0.2, 0.25) is 5.91 Å². The summed E-state index contributed by atoms with van der Waals surface area (Å²) in [5.74, 6) is 0.862. The topological polar surface area (TPSA) is 50.8 Å². The van der Waals surface area contributed by atoms with Crippen LogP contribution in [-0.4, -0.2) is 50.3 Å². The summed E-state index contributed by atoms with van der Waals surface area (Å²) < 4.78 is 11.4. The Labute approximate surface area is 184 Å². The number of nitrogens with zero attached hydrogens (tertiary/aromatic N) is 1. The van der Waals surface area contributed by atoms with Gasteiger partial charge in [-0.2, -0.15) is 0 Å². The highest BCUT2D eigenvalue weighted by atomic mass is 35.5. The maximum Gasteiger partial charge on any atom is 0.220 e. The van der Waals surface area contributed by atoms with Crippen molar-refractivity contribution in [1.82, 2.24) is 10.2 Å². The van der Waals surface area contributed by atoms with E-state index in [1.165, 1.54) is 0 Å². The number of hydrogen-bond acceptors (Lipinski definition) is 4. The highest BCUT2D eigenvalue weighted by molar-refractivity contribution is 6.30. The molecule has 6 heteroatoms. The van der Waals surface area contributed by atoms with E-state index in [0.29, 0.717) is 37.1 Å². The normalized spacial score (nSPS) is 14.6. The van der Waals surface area contributed by atoms with Crippen LogP contribution < -0.4 is 10.1 Å². The minimum atomic E-state index is 0.0272. The summed E-state index contributed by atoms with van der Waals surface area (Å²) in [6, 6.07) is 16.1. The highest BCUT2D eigenvalue weighted by Gasteiger charge is 2.17. The van der Waals surface area contributed by atoms with Gasteiger partial charge in [-0.05, 0) is 61.7 Å². The van der Waals surface area contributed by atoms with Crippen LogP contribution in [0.3, 0.4) is 0 Å². The summed E-state index contributed by atoms with van der Waals surface area (Å²) in [4.78, 5) is 14.5. The Kier molecular flexibility index (Phi) is 9.00. The van der Waals surface area contributed by atoms with Crippen LogP contribution in [0.1, 0.15) is 30.4 Å². The first-order chi connectivity index (χ1) is 14.6. The fraction of sp³-hybridized carbons (Fsp3) is 0.458. The van der Waals surface area contributed by atoms with E-state index in [2.05, 4.69) is 17.3 Å². The standard InChI is InChI=1S/C24H31ClN2O3/c1-27(22-10-13-29-14-11-22)12-15-30-23-7-3-5-20(17-23)18-26-24(28)9-8-19-4-2-6-21(25)16-19/h2-7,16-17,22H,8-15,18H2,1H3,(H,26,28). The quantitative estimate of drug-likeness (QED) is 0.617. The van der Waals surface area contributed by atoms with Gasteiger partial charge in [0.25, 0.3) is 0 Å². The Morgan fingerprint density at radius 3 is 2.73 bits per heavy atom. The average molecular weight is 431 g/mol. The van der Waals surface area contributed by atoms with E-state index < -0.39 is 0 Å². The maximum absolute atomic E-state index is 12.2. The SMILES string of the molecule is CN(CCOc1cccc(CNC(=O)CCc2cccc(Cl)c2)c1)C1CCOCC1. The molecular formula is C24H31ClN2O3. The van der Waals surface area contributed by atoms with Crippen molar-refractivity contribution in [2.75, 3.05) is 33.4 Å². The predicted molar refractivity (Wildman–Crippen MR) is 120 cm³/mol. The van der Waals surface area contributed by atoms with Crippen LogP contribution in [0.15, 0.2) is 48.5 Å². The monoisotopic (exact) mass is 430 g/mol. The molecule has 0 saturated carbocycles. The fourth-order valence-corrected chi connectivity index (χ4v) is 3.81. The number of carbonyl (C=O) groups excluding carboxylic acids is 1. The molecule has 1 saturated heterocycles. The summed E-state index contributed by atoms with van der Waals surface area (Å²) in [5, 5.41) is 3.68. The van der Waals surface area contributed by atoms with Gasteiger partial charge in [-0.3, -0.25) is 9.69 Å². The lowest BCUT2D eigenvalue weighted by Gasteiger charge is -2.31. The van der Waals surface area contributed by atoms with E-state index in [-0.39, 0.29) is 5.91 Å².